The van der Waals surface area contributed by atoms with Gasteiger partial charge in [0, 0.05) is 39.2 Å². The lowest BCUT2D eigenvalue weighted by Crippen LogP contribution is -2.21. The maximum Gasteiger partial charge on any atom is 0.416 e. The van der Waals surface area contributed by atoms with E-state index in [1.807, 2.05) is 0 Å². The predicted octanol–water partition coefficient (Wildman–Crippen LogP) is 5.80. The van der Waals surface area contributed by atoms with Crippen molar-refractivity contribution in [1.29, 1.82) is 5.26 Å². The molecule has 39 heavy (non-hydrogen) atoms. The van der Waals surface area contributed by atoms with Gasteiger partial charge >= 0.3 is 6.18 Å². The summed E-state index contributed by atoms with van der Waals surface area (Å²) >= 11 is 6.24. The molecule has 0 bridgehead atoms. The van der Waals surface area contributed by atoms with Crippen LogP contribution >= 0.6 is 11.6 Å². The summed E-state index contributed by atoms with van der Waals surface area (Å²) in [5.74, 6) is -4.13. The molecular weight excluding hydrogens is 567 g/mol. The van der Waals surface area contributed by atoms with Crippen molar-refractivity contribution in [1.82, 2.24) is 5.32 Å². The summed E-state index contributed by atoms with van der Waals surface area (Å²) in [4.78, 5) is 25.9. The zero-order chi connectivity index (χ0) is 28.7. The molecule has 0 aliphatic carbocycles. The fraction of sp³-hybridized carbons (Fsp3) is 0.160. The molecule has 1 heterocycles. The van der Waals surface area contributed by atoms with Gasteiger partial charge in [-0.3, -0.25) is 9.59 Å². The molecule has 2 amide bonds. The van der Waals surface area contributed by atoms with Crippen LogP contribution < -0.4 is 10.6 Å². The van der Waals surface area contributed by atoms with Crippen molar-refractivity contribution in [3.63, 3.8) is 0 Å². The number of carbonyl (C=O) groups excluding carboxylic acids is 2. The van der Waals surface area contributed by atoms with E-state index in [0.717, 1.165) is 12.1 Å². The fourth-order valence-corrected chi connectivity index (χ4v) is 5.40. The number of halogens is 6. The highest BCUT2D eigenvalue weighted by Crippen LogP contribution is 2.40. The molecule has 1 aliphatic rings. The van der Waals surface area contributed by atoms with Gasteiger partial charge < -0.3 is 10.6 Å². The number of carbonyl (C=O) groups is 2. The zero-order valence-electron chi connectivity index (χ0n) is 19.7. The Balaban J connectivity index is 1.87. The molecule has 202 valence electrons. The highest BCUT2D eigenvalue weighted by Gasteiger charge is 2.36. The smallest absolute Gasteiger partial charge is 0.341 e. The van der Waals surface area contributed by atoms with Crippen molar-refractivity contribution in [3.05, 3.63) is 98.6 Å². The lowest BCUT2D eigenvalue weighted by molar-refractivity contribution is -0.137. The lowest BCUT2D eigenvalue weighted by Gasteiger charge is -2.19. The van der Waals surface area contributed by atoms with E-state index < -0.39 is 56.5 Å². The van der Waals surface area contributed by atoms with E-state index in [-0.39, 0.29) is 44.8 Å². The van der Waals surface area contributed by atoms with Crippen molar-refractivity contribution in [2.45, 2.75) is 18.0 Å². The van der Waals surface area contributed by atoms with Gasteiger partial charge in [-0.05, 0) is 54.1 Å². The fourth-order valence-electron chi connectivity index (χ4n) is 4.16. The Bertz CT molecular complexity index is 1690. The number of anilines is 1. The first kappa shape index (κ1) is 28.0. The van der Waals surface area contributed by atoms with Crippen LogP contribution in [0.4, 0.5) is 27.6 Å². The van der Waals surface area contributed by atoms with Crippen LogP contribution in [0.2, 0.25) is 5.02 Å². The highest BCUT2D eigenvalue weighted by molar-refractivity contribution is 7.92. The summed E-state index contributed by atoms with van der Waals surface area (Å²) < 4.78 is 83.6. The number of hydrogen-bond donors (Lipinski definition) is 2. The summed E-state index contributed by atoms with van der Waals surface area (Å²) in [5.41, 5.74) is -1.81. The Morgan fingerprint density at radius 2 is 1.87 bits per heavy atom. The van der Waals surface area contributed by atoms with Crippen LogP contribution in [0.1, 0.15) is 49.0 Å². The molecule has 0 spiro atoms. The Hall–Kier alpha value is -4.02. The molecule has 0 saturated heterocycles. The summed E-state index contributed by atoms with van der Waals surface area (Å²) in [6, 6.07) is 6.24. The number of hydrogen-bond acceptors (Lipinski definition) is 5. The van der Waals surface area contributed by atoms with Gasteiger partial charge in [0.15, 0.2) is 0 Å². The standard InChI is InChI=1S/C25H16ClF5N4O3S/c1-39(38,33-11-32)10-12-4-18-21(22(35-24(18)37)17-9-15(27)2-3-19(17)26)20(5-12)34-23(36)13-6-14(25(29,30)31)8-16(28)7-13/h2-9,22H,10H2,1H3,(H,34,36)(H,35,37)/t22?,39-/m0/s1. The second kappa shape index (κ2) is 10.3. The van der Waals surface area contributed by atoms with E-state index in [1.165, 1.54) is 30.6 Å². The Morgan fingerprint density at radius 1 is 1.15 bits per heavy atom. The van der Waals surface area contributed by atoms with Crippen LogP contribution in [0, 0.1) is 23.1 Å². The molecule has 1 aliphatic heterocycles. The maximum absolute atomic E-state index is 14.1. The van der Waals surface area contributed by atoms with Crippen molar-refractivity contribution in [2.75, 3.05) is 11.6 Å². The minimum Gasteiger partial charge on any atom is -0.341 e. The third-order valence-electron chi connectivity index (χ3n) is 5.72. The van der Waals surface area contributed by atoms with Crippen molar-refractivity contribution < 1.29 is 35.8 Å². The predicted molar refractivity (Wildman–Crippen MR) is 132 cm³/mol. The van der Waals surface area contributed by atoms with Crippen LogP contribution in [-0.2, 0) is 21.7 Å². The first-order chi connectivity index (χ1) is 18.2. The normalized spacial score (nSPS) is 16.1. The van der Waals surface area contributed by atoms with Gasteiger partial charge in [-0.25, -0.2) is 13.0 Å². The highest BCUT2D eigenvalue weighted by atomic mass is 35.5. The van der Waals surface area contributed by atoms with E-state index in [0.29, 0.717) is 12.1 Å². The molecule has 3 aromatic carbocycles. The van der Waals surface area contributed by atoms with Gasteiger partial charge in [0.05, 0.1) is 27.1 Å². The number of nitrogens with zero attached hydrogens (tertiary/aromatic N) is 2. The van der Waals surface area contributed by atoms with Gasteiger partial charge in [-0.1, -0.05) is 11.6 Å². The lowest BCUT2D eigenvalue weighted by atomic mass is 9.94. The van der Waals surface area contributed by atoms with Crippen molar-refractivity contribution >= 4 is 38.8 Å². The average Bonchev–Trinajstić information content (AvgIpc) is 3.15. The van der Waals surface area contributed by atoms with Crippen LogP contribution in [0.25, 0.3) is 0 Å². The summed E-state index contributed by atoms with van der Waals surface area (Å²) in [6.45, 7) is 0. The number of rotatable bonds is 5. The van der Waals surface area contributed by atoms with E-state index in [9.17, 15) is 35.8 Å². The zero-order valence-corrected chi connectivity index (χ0v) is 21.3. The summed E-state index contributed by atoms with van der Waals surface area (Å²) in [6.07, 6.45) is -2.29. The molecular formula is C25H16ClF5N4O3S. The Kier molecular flexibility index (Phi) is 7.38. The van der Waals surface area contributed by atoms with E-state index >= 15 is 0 Å². The largest absolute Gasteiger partial charge is 0.416 e. The summed E-state index contributed by atoms with van der Waals surface area (Å²) in [5, 5.41) is 13.9. The van der Waals surface area contributed by atoms with E-state index in [2.05, 4.69) is 15.0 Å². The molecule has 0 aromatic heterocycles. The van der Waals surface area contributed by atoms with Crippen molar-refractivity contribution in [3.8, 4) is 6.19 Å². The maximum atomic E-state index is 14.1. The van der Waals surface area contributed by atoms with Gasteiger partial charge in [0.2, 0.25) is 6.19 Å². The molecule has 2 atom stereocenters. The minimum atomic E-state index is -4.93. The number of fused-ring (bicyclic) bond motifs is 1. The van der Waals surface area contributed by atoms with Gasteiger partial charge in [0.25, 0.3) is 11.8 Å². The van der Waals surface area contributed by atoms with Crippen molar-refractivity contribution in [2.24, 2.45) is 4.36 Å². The molecule has 7 nitrogen and oxygen atoms in total. The quantitative estimate of drug-likeness (QED) is 0.292. The summed E-state index contributed by atoms with van der Waals surface area (Å²) in [7, 11) is -3.10. The van der Waals surface area contributed by atoms with Gasteiger partial charge in [0.1, 0.15) is 11.6 Å². The first-order valence-electron chi connectivity index (χ1n) is 10.9. The molecule has 0 radical (unpaired) electrons. The SMILES string of the molecule is C[S@](=O)(Cc1cc(NC(=O)c2cc(F)cc(C(F)(F)F)c2)c2c(c1)C(=O)NC2c1cc(F)ccc1Cl)=NC#N. The third-order valence-corrected chi connectivity index (χ3v) is 7.40. The third kappa shape index (κ3) is 6.02. The Morgan fingerprint density at radius 3 is 2.54 bits per heavy atom. The van der Waals surface area contributed by atoms with Crippen LogP contribution in [0.5, 0.6) is 0 Å². The second-order valence-electron chi connectivity index (χ2n) is 8.65. The van der Waals surface area contributed by atoms with Crippen LogP contribution in [0.3, 0.4) is 0 Å². The van der Waals surface area contributed by atoms with E-state index in [1.54, 1.807) is 0 Å². The molecule has 2 N–H and O–H groups in total. The second-order valence-corrected chi connectivity index (χ2v) is 11.4. The molecule has 3 aromatic rings. The average molecular weight is 583 g/mol. The monoisotopic (exact) mass is 582 g/mol. The number of amides is 2. The molecule has 0 saturated carbocycles. The van der Waals surface area contributed by atoms with Crippen LogP contribution in [-0.4, -0.2) is 22.3 Å². The number of benzene rings is 3. The molecule has 14 heteroatoms. The van der Waals surface area contributed by atoms with Crippen LogP contribution in [0.15, 0.2) is 52.9 Å². The van der Waals surface area contributed by atoms with Gasteiger partial charge in [-0.15, -0.1) is 4.36 Å². The molecule has 0 fully saturated rings. The Labute approximate surface area is 223 Å². The number of alkyl halides is 3. The molecule has 4 rings (SSSR count). The van der Waals surface area contributed by atoms with E-state index in [4.69, 9.17) is 16.9 Å². The van der Waals surface area contributed by atoms with Gasteiger partial charge in [-0.2, -0.15) is 18.4 Å². The minimum absolute atomic E-state index is 0.0319. The topological polar surface area (TPSA) is 111 Å². The molecule has 1 unspecified atom stereocenters. The first-order valence-corrected chi connectivity index (χ1v) is 13.4. The number of nitrogens with one attached hydrogen (secondary N) is 2. The number of nitriles is 1.